The molecule has 4 heterocycles. The minimum Gasteiger partial charge on any atom is -0.352 e. The fraction of sp³-hybridized carbons (Fsp3) is 0.250. The van der Waals surface area contributed by atoms with Gasteiger partial charge in [-0.25, -0.2) is 9.37 Å². The molecule has 7 rings (SSSR count). The monoisotopic (exact) mass is 549 g/mol. The van der Waals surface area contributed by atoms with Crippen LogP contribution in [0.15, 0.2) is 78.9 Å². The zero-order valence-electron chi connectivity index (χ0n) is 22.2. The molecule has 2 bridgehead atoms. The Kier molecular flexibility index (Phi) is 6.14. The van der Waals surface area contributed by atoms with Crippen LogP contribution >= 0.6 is 0 Å². The number of rotatable bonds is 7. The Morgan fingerprint density at radius 2 is 1.63 bits per heavy atom. The van der Waals surface area contributed by atoms with Crippen LogP contribution in [0.25, 0.3) is 21.9 Å². The van der Waals surface area contributed by atoms with Crippen LogP contribution in [0, 0.1) is 11.7 Å². The second-order valence-corrected chi connectivity index (χ2v) is 11.0. The first kappa shape index (κ1) is 25.2. The van der Waals surface area contributed by atoms with Gasteiger partial charge in [-0.15, -0.1) is 0 Å². The zero-order valence-corrected chi connectivity index (χ0v) is 22.2. The number of aromatic amines is 2. The van der Waals surface area contributed by atoms with Gasteiger partial charge in [0.25, 0.3) is 5.91 Å². The van der Waals surface area contributed by atoms with E-state index in [1.54, 1.807) is 12.1 Å². The van der Waals surface area contributed by atoms with E-state index < -0.39 is 5.92 Å². The Balaban J connectivity index is 1.09. The lowest BCUT2D eigenvalue weighted by molar-refractivity contribution is -0.137. The van der Waals surface area contributed by atoms with Crippen LogP contribution in [-0.2, 0) is 11.2 Å². The minimum absolute atomic E-state index is 0.0263. The first-order chi connectivity index (χ1) is 19.9. The van der Waals surface area contributed by atoms with Crippen molar-refractivity contribution in [3.63, 3.8) is 0 Å². The number of carbonyl (C=O) groups excluding carboxylic acids is 3. The third-order valence-corrected chi connectivity index (χ3v) is 8.37. The lowest BCUT2D eigenvalue weighted by Crippen LogP contribution is -2.52. The van der Waals surface area contributed by atoms with Gasteiger partial charge in [0.15, 0.2) is 11.6 Å². The number of carbonyl (C=O) groups is 3. The molecule has 2 aromatic heterocycles. The second kappa shape index (κ2) is 9.99. The highest BCUT2D eigenvalue weighted by Gasteiger charge is 2.48. The third kappa shape index (κ3) is 4.67. The van der Waals surface area contributed by atoms with E-state index in [1.807, 2.05) is 64.4 Å². The van der Waals surface area contributed by atoms with E-state index >= 15 is 0 Å². The number of imidazole rings is 1. The molecule has 0 unspecified atom stereocenters. The van der Waals surface area contributed by atoms with Crippen LogP contribution in [0.3, 0.4) is 0 Å². The number of nitrogens with one attached hydrogen (secondary N) is 2. The summed E-state index contributed by atoms with van der Waals surface area (Å²) in [5.74, 6) is -1.06. The van der Waals surface area contributed by atoms with Crippen molar-refractivity contribution in [1.82, 2.24) is 24.8 Å². The molecule has 9 heteroatoms. The molecular formula is C32H28FN5O3. The van der Waals surface area contributed by atoms with Crippen molar-refractivity contribution in [2.45, 2.75) is 31.3 Å². The van der Waals surface area contributed by atoms with Crippen LogP contribution in [0.2, 0.25) is 0 Å². The summed E-state index contributed by atoms with van der Waals surface area (Å²) >= 11 is 0. The predicted molar refractivity (Wildman–Crippen MR) is 152 cm³/mol. The summed E-state index contributed by atoms with van der Waals surface area (Å²) in [7, 11) is 0. The van der Waals surface area contributed by atoms with Gasteiger partial charge in [0.2, 0.25) is 5.91 Å². The van der Waals surface area contributed by atoms with Gasteiger partial charge in [-0.1, -0.05) is 42.5 Å². The smallest absolute Gasteiger partial charge is 0.290 e. The van der Waals surface area contributed by atoms with Gasteiger partial charge >= 0.3 is 0 Å². The Morgan fingerprint density at radius 1 is 0.878 bits per heavy atom. The van der Waals surface area contributed by atoms with Gasteiger partial charge in [-0.3, -0.25) is 14.4 Å². The molecule has 2 aliphatic heterocycles. The number of hydrogen-bond donors (Lipinski definition) is 2. The molecule has 0 aliphatic carbocycles. The number of nitrogens with zero attached hydrogens (tertiary/aromatic N) is 3. The van der Waals surface area contributed by atoms with E-state index in [1.165, 1.54) is 12.1 Å². The summed E-state index contributed by atoms with van der Waals surface area (Å²) in [4.78, 5) is 55.0. The van der Waals surface area contributed by atoms with E-state index in [2.05, 4.69) is 15.0 Å². The fourth-order valence-electron chi connectivity index (χ4n) is 6.34. The first-order valence-corrected chi connectivity index (χ1v) is 13.8. The molecule has 0 saturated carbocycles. The summed E-state index contributed by atoms with van der Waals surface area (Å²) in [5, 5.41) is 0.616. The SMILES string of the molecule is O=C(C[C@@H](Cc1ccccc1)C(=O)N1C[C@@H]2C[C@H]1CN2C(=O)c1nc2ccccc2[nH]1)c1cc2cc(F)ccc2[nH]1. The highest BCUT2D eigenvalue weighted by molar-refractivity contribution is 6.01. The molecule has 0 spiro atoms. The molecule has 0 radical (unpaired) electrons. The number of benzene rings is 3. The molecule has 3 aromatic carbocycles. The van der Waals surface area contributed by atoms with E-state index in [4.69, 9.17) is 0 Å². The number of amides is 2. The van der Waals surface area contributed by atoms with Crippen molar-refractivity contribution in [2.75, 3.05) is 13.1 Å². The first-order valence-electron chi connectivity index (χ1n) is 13.8. The zero-order chi connectivity index (χ0) is 28.1. The van der Waals surface area contributed by atoms with Crippen molar-refractivity contribution in [1.29, 1.82) is 0 Å². The maximum Gasteiger partial charge on any atom is 0.290 e. The molecule has 2 aliphatic rings. The molecule has 2 fully saturated rings. The topological polar surface area (TPSA) is 102 Å². The maximum absolute atomic E-state index is 14.0. The van der Waals surface area contributed by atoms with E-state index in [9.17, 15) is 18.8 Å². The molecule has 41 heavy (non-hydrogen) atoms. The van der Waals surface area contributed by atoms with Crippen molar-refractivity contribution in [3.05, 3.63) is 102 Å². The third-order valence-electron chi connectivity index (χ3n) is 8.37. The number of likely N-dealkylation sites (tertiary alicyclic amines) is 2. The molecule has 2 N–H and O–H groups in total. The predicted octanol–water partition coefficient (Wildman–Crippen LogP) is 4.74. The van der Waals surface area contributed by atoms with Gasteiger partial charge in [0.1, 0.15) is 5.82 Å². The molecule has 2 amide bonds. The van der Waals surface area contributed by atoms with Crippen LogP contribution in [-0.4, -0.2) is 67.5 Å². The van der Waals surface area contributed by atoms with Crippen molar-refractivity contribution >= 4 is 39.5 Å². The maximum atomic E-state index is 14.0. The Labute approximate surface area is 235 Å². The number of fused-ring (bicyclic) bond motifs is 4. The van der Waals surface area contributed by atoms with Crippen molar-refractivity contribution < 1.29 is 18.8 Å². The van der Waals surface area contributed by atoms with Crippen LogP contribution in [0.1, 0.15) is 39.5 Å². The minimum atomic E-state index is -0.563. The lowest BCUT2D eigenvalue weighted by atomic mass is 9.91. The fourth-order valence-corrected chi connectivity index (χ4v) is 6.34. The highest BCUT2D eigenvalue weighted by Crippen LogP contribution is 2.34. The summed E-state index contributed by atoms with van der Waals surface area (Å²) < 4.78 is 13.7. The largest absolute Gasteiger partial charge is 0.352 e. The van der Waals surface area contributed by atoms with E-state index in [-0.39, 0.29) is 41.9 Å². The number of Topliss-reactive ketones (excluding diaryl/α,β-unsaturated/α-hetero) is 1. The molecule has 206 valence electrons. The van der Waals surface area contributed by atoms with Gasteiger partial charge in [-0.2, -0.15) is 0 Å². The Bertz CT molecular complexity index is 1760. The van der Waals surface area contributed by atoms with Crippen molar-refractivity contribution in [2.24, 2.45) is 5.92 Å². The molecule has 2 saturated heterocycles. The standard InChI is InChI=1S/C32H28FN5O3/c33-22-10-11-25-20(13-22)14-28(34-25)29(39)15-21(12-19-6-2-1-3-7-19)31(40)37-17-24-16-23(37)18-38(24)32(41)30-35-26-8-4-5-9-27(26)36-30/h1-11,13-14,21,23-24,34H,12,15-18H2,(H,35,36)/t21-,23+,24+/m1/s1. The lowest BCUT2D eigenvalue weighted by Gasteiger charge is -2.35. The van der Waals surface area contributed by atoms with Gasteiger partial charge < -0.3 is 19.8 Å². The Hall–Kier alpha value is -4.79. The summed E-state index contributed by atoms with van der Waals surface area (Å²) in [6, 6.07) is 23.0. The number of hydrogen-bond acceptors (Lipinski definition) is 4. The number of ketones is 1. The quantitative estimate of drug-likeness (QED) is 0.286. The van der Waals surface area contributed by atoms with Crippen molar-refractivity contribution in [3.8, 4) is 0 Å². The van der Waals surface area contributed by atoms with Gasteiger partial charge in [-0.05, 0) is 54.8 Å². The molecule has 5 aromatic rings. The summed E-state index contributed by atoms with van der Waals surface area (Å²) in [6.07, 6.45) is 1.16. The number of piperazine rings is 1. The molecule has 3 atom stereocenters. The average Bonchev–Trinajstić information content (AvgIpc) is 3.78. The Morgan fingerprint density at radius 3 is 2.41 bits per heavy atom. The number of halogens is 1. The average molecular weight is 550 g/mol. The van der Waals surface area contributed by atoms with Crippen LogP contribution in [0.4, 0.5) is 4.39 Å². The highest BCUT2D eigenvalue weighted by atomic mass is 19.1. The number of aromatic nitrogens is 3. The summed E-state index contributed by atoms with van der Waals surface area (Å²) in [5.41, 5.74) is 3.56. The molecular weight excluding hydrogens is 521 g/mol. The van der Waals surface area contributed by atoms with E-state index in [0.717, 1.165) is 16.6 Å². The van der Waals surface area contributed by atoms with Gasteiger partial charge in [0.05, 0.1) is 28.8 Å². The number of para-hydroxylation sites is 2. The molecule has 8 nitrogen and oxygen atoms in total. The van der Waals surface area contributed by atoms with Crippen LogP contribution < -0.4 is 0 Å². The normalized spacial score (nSPS) is 18.9. The number of H-pyrrole nitrogens is 2. The van der Waals surface area contributed by atoms with E-state index in [0.29, 0.717) is 48.4 Å². The summed E-state index contributed by atoms with van der Waals surface area (Å²) in [6.45, 7) is 0.868. The second-order valence-electron chi connectivity index (χ2n) is 11.0. The van der Waals surface area contributed by atoms with Gasteiger partial charge in [0, 0.05) is 36.3 Å². The van der Waals surface area contributed by atoms with Crippen LogP contribution in [0.5, 0.6) is 0 Å².